The zero-order valence-electron chi connectivity index (χ0n) is 10.2. The Morgan fingerprint density at radius 3 is 2.74 bits per heavy atom. The Hall–Kier alpha value is -1.51. The maximum Gasteiger partial charge on any atom is 0.228 e. The van der Waals surface area contributed by atoms with Crippen LogP contribution in [0.2, 0.25) is 0 Å². The minimum absolute atomic E-state index is 0.116. The first-order chi connectivity index (χ1) is 8.89. The number of primary sulfonamides is 1. The topological polar surface area (TPSA) is 114 Å². The fourth-order valence-corrected chi connectivity index (χ4v) is 2.99. The Bertz CT molecular complexity index is 570. The molecule has 1 aliphatic rings. The maximum absolute atomic E-state index is 11.8. The highest BCUT2D eigenvalue weighted by molar-refractivity contribution is 7.89. The lowest BCUT2D eigenvalue weighted by molar-refractivity contribution is -0.117. The highest BCUT2D eigenvalue weighted by atomic mass is 32.2. The van der Waals surface area contributed by atoms with Gasteiger partial charge in [0.25, 0.3) is 0 Å². The highest BCUT2D eigenvalue weighted by Gasteiger charge is 2.33. The largest absolute Gasteiger partial charge is 0.392 e. The van der Waals surface area contributed by atoms with E-state index in [9.17, 15) is 13.2 Å². The molecule has 8 heteroatoms. The molecule has 1 aliphatic heterocycles. The number of nitrogens with two attached hydrogens (primary N) is 1. The minimum Gasteiger partial charge on any atom is -0.392 e. The average molecular weight is 285 g/mol. The first-order valence-corrected chi connectivity index (χ1v) is 7.47. The molecule has 2 heterocycles. The Labute approximate surface area is 111 Å². The standard InChI is InChI=1S/C11H15N3O4S/c12-19(17,18)7-9-3-11(16)14(5-9)10-2-1-8(6-15)4-13-10/h1-2,4,9,15H,3,5-7H2,(H2,12,17,18). The van der Waals surface area contributed by atoms with Gasteiger partial charge in [-0.2, -0.15) is 0 Å². The predicted octanol–water partition coefficient (Wildman–Crippen LogP) is -0.785. The number of rotatable bonds is 4. The summed E-state index contributed by atoms with van der Waals surface area (Å²) in [6.07, 6.45) is 1.63. The van der Waals surface area contributed by atoms with E-state index in [2.05, 4.69) is 4.98 Å². The third-order valence-electron chi connectivity index (χ3n) is 2.94. The molecule has 1 aromatic heterocycles. The molecule has 0 aliphatic carbocycles. The van der Waals surface area contributed by atoms with E-state index in [1.165, 1.54) is 11.1 Å². The van der Waals surface area contributed by atoms with Crippen molar-refractivity contribution in [3.63, 3.8) is 0 Å². The van der Waals surface area contributed by atoms with Gasteiger partial charge in [0.2, 0.25) is 15.9 Å². The van der Waals surface area contributed by atoms with Crippen molar-refractivity contribution in [3.8, 4) is 0 Å². The van der Waals surface area contributed by atoms with E-state index in [1.807, 2.05) is 0 Å². The minimum atomic E-state index is -3.58. The third-order valence-corrected chi connectivity index (χ3v) is 3.88. The van der Waals surface area contributed by atoms with E-state index in [0.29, 0.717) is 17.9 Å². The van der Waals surface area contributed by atoms with Crippen LogP contribution in [0.15, 0.2) is 18.3 Å². The summed E-state index contributed by atoms with van der Waals surface area (Å²) in [4.78, 5) is 17.3. The quantitative estimate of drug-likeness (QED) is 0.753. The predicted molar refractivity (Wildman–Crippen MR) is 68.6 cm³/mol. The summed E-state index contributed by atoms with van der Waals surface area (Å²) in [6.45, 7) is 0.177. The van der Waals surface area contributed by atoms with Crippen LogP contribution in [0.5, 0.6) is 0 Å². The van der Waals surface area contributed by atoms with Crippen molar-refractivity contribution >= 4 is 21.7 Å². The molecule has 2 rings (SSSR count). The van der Waals surface area contributed by atoms with Crippen molar-refractivity contribution in [2.75, 3.05) is 17.2 Å². The molecule has 0 aromatic carbocycles. The van der Waals surface area contributed by atoms with Crippen molar-refractivity contribution in [2.45, 2.75) is 13.0 Å². The lowest BCUT2D eigenvalue weighted by Crippen LogP contribution is -2.28. The van der Waals surface area contributed by atoms with Gasteiger partial charge in [0.15, 0.2) is 0 Å². The van der Waals surface area contributed by atoms with E-state index in [4.69, 9.17) is 10.2 Å². The fourth-order valence-electron chi connectivity index (χ4n) is 2.11. The van der Waals surface area contributed by atoms with Gasteiger partial charge in [-0.15, -0.1) is 0 Å². The van der Waals surface area contributed by atoms with Crippen molar-refractivity contribution in [3.05, 3.63) is 23.9 Å². The normalized spacial score (nSPS) is 20.0. The Kier molecular flexibility index (Phi) is 3.83. The van der Waals surface area contributed by atoms with Gasteiger partial charge in [-0.05, 0) is 11.6 Å². The molecule has 0 radical (unpaired) electrons. The second-order valence-corrected chi connectivity index (χ2v) is 6.25. The molecule has 7 nitrogen and oxygen atoms in total. The average Bonchev–Trinajstić information content (AvgIpc) is 2.68. The van der Waals surface area contributed by atoms with E-state index in [0.717, 1.165) is 0 Å². The zero-order chi connectivity index (χ0) is 14.0. The van der Waals surface area contributed by atoms with Gasteiger partial charge in [0.1, 0.15) is 5.82 Å². The molecule has 1 atom stereocenters. The Balaban J connectivity index is 2.11. The summed E-state index contributed by atoms with van der Waals surface area (Å²) >= 11 is 0. The smallest absolute Gasteiger partial charge is 0.228 e. The molecule has 0 bridgehead atoms. The molecule has 1 saturated heterocycles. The number of anilines is 1. The zero-order valence-corrected chi connectivity index (χ0v) is 11.0. The number of carbonyl (C=O) groups is 1. The van der Waals surface area contributed by atoms with Crippen molar-refractivity contribution in [2.24, 2.45) is 11.1 Å². The third kappa shape index (κ3) is 3.49. The molecular weight excluding hydrogens is 270 g/mol. The van der Waals surface area contributed by atoms with Crippen LogP contribution < -0.4 is 10.0 Å². The van der Waals surface area contributed by atoms with E-state index in [-0.39, 0.29) is 30.6 Å². The lowest BCUT2D eigenvalue weighted by Gasteiger charge is -2.15. The number of nitrogens with zero attached hydrogens (tertiary/aromatic N) is 2. The monoisotopic (exact) mass is 285 g/mol. The molecule has 1 amide bonds. The molecular formula is C11H15N3O4S. The molecule has 104 valence electrons. The first-order valence-electron chi connectivity index (χ1n) is 5.75. The summed E-state index contributed by atoms with van der Waals surface area (Å²) in [5, 5.41) is 13.9. The summed E-state index contributed by atoms with van der Waals surface area (Å²) in [6, 6.07) is 3.30. The summed E-state index contributed by atoms with van der Waals surface area (Å²) in [5.74, 6) is -0.219. The van der Waals surface area contributed by atoms with Crippen molar-refractivity contribution < 1.29 is 18.3 Å². The maximum atomic E-state index is 11.8. The lowest BCUT2D eigenvalue weighted by atomic mass is 10.1. The van der Waals surface area contributed by atoms with Crippen LogP contribution in [0.3, 0.4) is 0 Å². The molecule has 19 heavy (non-hydrogen) atoms. The van der Waals surface area contributed by atoms with E-state index < -0.39 is 10.0 Å². The molecule has 3 N–H and O–H groups in total. The second-order valence-electron chi connectivity index (χ2n) is 4.59. The Morgan fingerprint density at radius 2 is 2.21 bits per heavy atom. The van der Waals surface area contributed by atoms with Crippen molar-refractivity contribution in [1.82, 2.24) is 4.98 Å². The van der Waals surface area contributed by atoms with Crippen molar-refractivity contribution in [1.29, 1.82) is 0 Å². The number of hydrogen-bond donors (Lipinski definition) is 2. The van der Waals surface area contributed by atoms with Gasteiger partial charge in [0, 0.05) is 25.1 Å². The van der Waals surface area contributed by atoms with Crippen LogP contribution in [0.4, 0.5) is 5.82 Å². The molecule has 1 unspecified atom stereocenters. The number of carbonyl (C=O) groups excluding carboxylic acids is 1. The molecule has 0 spiro atoms. The van der Waals surface area contributed by atoms with Gasteiger partial charge < -0.3 is 5.11 Å². The number of aromatic nitrogens is 1. The number of sulfonamides is 1. The first kappa shape index (κ1) is 13.9. The van der Waals surface area contributed by atoms with Gasteiger partial charge in [-0.25, -0.2) is 18.5 Å². The molecule has 0 saturated carbocycles. The number of hydrogen-bond acceptors (Lipinski definition) is 5. The summed E-state index contributed by atoms with van der Waals surface area (Å²) in [5.41, 5.74) is 0.650. The van der Waals surface area contributed by atoms with Gasteiger partial charge >= 0.3 is 0 Å². The van der Waals surface area contributed by atoms with Crippen LogP contribution in [-0.4, -0.2) is 36.7 Å². The van der Waals surface area contributed by atoms with Crippen LogP contribution in [0.1, 0.15) is 12.0 Å². The number of aliphatic hydroxyl groups excluding tert-OH is 1. The fraction of sp³-hybridized carbons (Fsp3) is 0.455. The van der Waals surface area contributed by atoms with Crippen LogP contribution in [-0.2, 0) is 21.4 Å². The van der Waals surface area contributed by atoms with Gasteiger partial charge in [-0.3, -0.25) is 9.69 Å². The van der Waals surface area contributed by atoms with Crippen LogP contribution >= 0.6 is 0 Å². The number of pyridine rings is 1. The Morgan fingerprint density at radius 1 is 1.47 bits per heavy atom. The van der Waals surface area contributed by atoms with E-state index in [1.54, 1.807) is 12.1 Å². The van der Waals surface area contributed by atoms with Gasteiger partial charge in [-0.1, -0.05) is 6.07 Å². The second kappa shape index (κ2) is 5.24. The number of amides is 1. The van der Waals surface area contributed by atoms with Crippen LogP contribution in [0, 0.1) is 5.92 Å². The van der Waals surface area contributed by atoms with Crippen LogP contribution in [0.25, 0.3) is 0 Å². The SMILES string of the molecule is NS(=O)(=O)CC1CC(=O)N(c2ccc(CO)cn2)C1. The summed E-state index contributed by atoms with van der Waals surface area (Å²) in [7, 11) is -3.58. The molecule has 1 fully saturated rings. The van der Waals surface area contributed by atoms with Gasteiger partial charge in [0.05, 0.1) is 12.4 Å². The summed E-state index contributed by atoms with van der Waals surface area (Å²) < 4.78 is 22.1. The van der Waals surface area contributed by atoms with E-state index >= 15 is 0 Å². The molecule has 1 aromatic rings. The highest BCUT2D eigenvalue weighted by Crippen LogP contribution is 2.24. The number of aliphatic hydroxyl groups is 1.